The average Bonchev–Trinajstić information content (AvgIpc) is 2.59. The first-order valence-corrected chi connectivity index (χ1v) is 6.03. The van der Waals surface area contributed by atoms with E-state index in [2.05, 4.69) is 25.7 Å². The van der Waals surface area contributed by atoms with E-state index in [1.54, 1.807) is 0 Å². The predicted octanol–water partition coefficient (Wildman–Crippen LogP) is 2.36. The summed E-state index contributed by atoms with van der Waals surface area (Å²) < 4.78 is 0. The molecule has 3 nitrogen and oxygen atoms in total. The molecule has 0 aliphatic heterocycles. The summed E-state index contributed by atoms with van der Waals surface area (Å²) in [5.41, 5.74) is 0. The van der Waals surface area contributed by atoms with Crippen LogP contribution < -0.4 is 0 Å². The van der Waals surface area contributed by atoms with Gasteiger partial charge in [0.1, 0.15) is 0 Å². The summed E-state index contributed by atoms with van der Waals surface area (Å²) in [6.45, 7) is 6.70. The molecule has 0 radical (unpaired) electrons. The van der Waals surface area contributed by atoms with Gasteiger partial charge in [-0.1, -0.05) is 20.3 Å². The van der Waals surface area contributed by atoms with Gasteiger partial charge in [0.25, 0.3) is 0 Å². The van der Waals surface area contributed by atoms with Crippen LogP contribution in [-0.2, 0) is 4.79 Å². The third-order valence-corrected chi connectivity index (χ3v) is 3.72. The lowest BCUT2D eigenvalue weighted by Crippen LogP contribution is -2.45. The Balaban J connectivity index is 2.66. The molecule has 0 heterocycles. The molecule has 0 aromatic heterocycles. The fraction of sp³-hybridized carbons (Fsp3) is 0.917. The van der Waals surface area contributed by atoms with E-state index in [-0.39, 0.29) is 6.54 Å². The van der Waals surface area contributed by atoms with Crippen molar-refractivity contribution in [2.24, 2.45) is 5.92 Å². The van der Waals surface area contributed by atoms with E-state index in [1.165, 1.54) is 19.3 Å². The molecule has 1 rings (SSSR count). The zero-order chi connectivity index (χ0) is 11.4. The molecule has 1 N–H and O–H groups in total. The van der Waals surface area contributed by atoms with Crippen molar-refractivity contribution in [2.75, 3.05) is 6.54 Å². The number of aliphatic carboxylic acids is 1. The number of carbonyl (C=O) groups is 1. The molecule has 1 fully saturated rings. The van der Waals surface area contributed by atoms with E-state index in [0.717, 1.165) is 6.42 Å². The number of carboxylic acids is 1. The van der Waals surface area contributed by atoms with Gasteiger partial charge >= 0.3 is 5.97 Å². The summed E-state index contributed by atoms with van der Waals surface area (Å²) in [4.78, 5) is 13.0. The van der Waals surface area contributed by atoms with Crippen LogP contribution in [0.4, 0.5) is 0 Å². The Morgan fingerprint density at radius 3 is 2.60 bits per heavy atom. The fourth-order valence-electron chi connectivity index (χ4n) is 2.61. The van der Waals surface area contributed by atoms with E-state index in [0.29, 0.717) is 18.0 Å². The van der Waals surface area contributed by atoms with Gasteiger partial charge in [0, 0.05) is 12.1 Å². The molecule has 0 spiro atoms. The third kappa shape index (κ3) is 3.20. The van der Waals surface area contributed by atoms with Crippen molar-refractivity contribution in [3.05, 3.63) is 0 Å². The highest BCUT2D eigenvalue weighted by Crippen LogP contribution is 2.30. The van der Waals surface area contributed by atoms with E-state index >= 15 is 0 Å². The molecule has 0 aromatic rings. The van der Waals surface area contributed by atoms with E-state index in [4.69, 9.17) is 5.11 Å². The highest BCUT2D eigenvalue weighted by atomic mass is 16.4. The largest absolute Gasteiger partial charge is 0.480 e. The van der Waals surface area contributed by atoms with Crippen molar-refractivity contribution < 1.29 is 9.90 Å². The van der Waals surface area contributed by atoms with Gasteiger partial charge in [0.15, 0.2) is 0 Å². The Morgan fingerprint density at radius 1 is 1.53 bits per heavy atom. The monoisotopic (exact) mass is 213 g/mol. The van der Waals surface area contributed by atoms with E-state index < -0.39 is 5.97 Å². The van der Waals surface area contributed by atoms with Crippen LogP contribution in [0.25, 0.3) is 0 Å². The number of rotatable bonds is 5. The van der Waals surface area contributed by atoms with Crippen LogP contribution in [-0.4, -0.2) is 34.6 Å². The predicted molar refractivity (Wildman–Crippen MR) is 60.9 cm³/mol. The zero-order valence-corrected chi connectivity index (χ0v) is 10.1. The average molecular weight is 213 g/mol. The molecule has 1 saturated carbocycles. The second-order valence-corrected chi connectivity index (χ2v) is 4.80. The van der Waals surface area contributed by atoms with Crippen LogP contribution in [0.15, 0.2) is 0 Å². The molecule has 3 heteroatoms. The minimum atomic E-state index is -0.700. The maximum absolute atomic E-state index is 10.9. The van der Waals surface area contributed by atoms with Crippen LogP contribution in [0.3, 0.4) is 0 Å². The summed E-state index contributed by atoms with van der Waals surface area (Å²) >= 11 is 0. The molecule has 1 aliphatic carbocycles. The SMILES string of the molecule is CCC(C)N(CC(=O)O)C1CCCC1C. The highest BCUT2D eigenvalue weighted by molar-refractivity contribution is 5.69. The molecule has 0 aromatic carbocycles. The molecule has 0 amide bonds. The van der Waals surface area contributed by atoms with Gasteiger partial charge in [0.05, 0.1) is 6.54 Å². The number of hydrogen-bond acceptors (Lipinski definition) is 2. The maximum Gasteiger partial charge on any atom is 0.317 e. The minimum absolute atomic E-state index is 0.198. The topological polar surface area (TPSA) is 40.5 Å². The van der Waals surface area contributed by atoms with Crippen LogP contribution in [0.2, 0.25) is 0 Å². The number of nitrogens with zero attached hydrogens (tertiary/aromatic N) is 1. The first-order valence-electron chi connectivity index (χ1n) is 6.03. The number of carboxylic acid groups (broad SMARTS) is 1. The Labute approximate surface area is 92.5 Å². The third-order valence-electron chi connectivity index (χ3n) is 3.72. The lowest BCUT2D eigenvalue weighted by Gasteiger charge is -2.35. The van der Waals surface area contributed by atoms with Gasteiger partial charge in [-0.2, -0.15) is 0 Å². The van der Waals surface area contributed by atoms with Gasteiger partial charge < -0.3 is 5.11 Å². The summed E-state index contributed by atoms with van der Waals surface area (Å²) in [5.74, 6) is -0.0484. The minimum Gasteiger partial charge on any atom is -0.480 e. The summed E-state index contributed by atoms with van der Waals surface area (Å²) in [6, 6.07) is 0.864. The highest BCUT2D eigenvalue weighted by Gasteiger charge is 2.32. The Bertz CT molecular complexity index is 218. The zero-order valence-electron chi connectivity index (χ0n) is 10.1. The quantitative estimate of drug-likeness (QED) is 0.762. The van der Waals surface area contributed by atoms with Crippen LogP contribution in [0.1, 0.15) is 46.5 Å². The summed E-state index contributed by atoms with van der Waals surface area (Å²) in [7, 11) is 0. The van der Waals surface area contributed by atoms with Gasteiger partial charge in [-0.15, -0.1) is 0 Å². The molecule has 88 valence electrons. The summed E-state index contributed by atoms with van der Waals surface area (Å²) in [6.07, 6.45) is 4.69. The van der Waals surface area contributed by atoms with Crippen LogP contribution in [0.5, 0.6) is 0 Å². The van der Waals surface area contributed by atoms with Crippen molar-refractivity contribution >= 4 is 5.97 Å². The standard InChI is InChI=1S/C12H23NO2/c1-4-10(3)13(8-12(14)15)11-7-5-6-9(11)2/h9-11H,4-8H2,1-3H3,(H,14,15). The molecule has 15 heavy (non-hydrogen) atoms. The van der Waals surface area contributed by atoms with Crippen molar-refractivity contribution in [1.29, 1.82) is 0 Å². The molecule has 3 unspecified atom stereocenters. The number of hydrogen-bond donors (Lipinski definition) is 1. The van der Waals surface area contributed by atoms with Gasteiger partial charge in [-0.3, -0.25) is 9.69 Å². The lowest BCUT2D eigenvalue weighted by molar-refractivity contribution is -0.139. The normalized spacial score (nSPS) is 28.3. The summed E-state index contributed by atoms with van der Waals surface area (Å²) in [5, 5.41) is 8.93. The van der Waals surface area contributed by atoms with Gasteiger partial charge in [-0.25, -0.2) is 0 Å². The van der Waals surface area contributed by atoms with Crippen molar-refractivity contribution in [3.8, 4) is 0 Å². The maximum atomic E-state index is 10.9. The molecule has 3 atom stereocenters. The first-order chi connectivity index (χ1) is 7.06. The molecule has 0 bridgehead atoms. The van der Waals surface area contributed by atoms with Crippen molar-refractivity contribution in [1.82, 2.24) is 4.90 Å². The smallest absolute Gasteiger partial charge is 0.317 e. The molecule has 0 saturated heterocycles. The second-order valence-electron chi connectivity index (χ2n) is 4.80. The van der Waals surface area contributed by atoms with Crippen LogP contribution in [0, 0.1) is 5.92 Å². The van der Waals surface area contributed by atoms with Crippen LogP contribution >= 0.6 is 0 Å². The molecular weight excluding hydrogens is 190 g/mol. The van der Waals surface area contributed by atoms with Crippen molar-refractivity contribution in [2.45, 2.75) is 58.5 Å². The Morgan fingerprint density at radius 2 is 2.20 bits per heavy atom. The van der Waals surface area contributed by atoms with Gasteiger partial charge in [0.2, 0.25) is 0 Å². The second kappa shape index (κ2) is 5.50. The first kappa shape index (κ1) is 12.5. The fourth-order valence-corrected chi connectivity index (χ4v) is 2.61. The van der Waals surface area contributed by atoms with Crippen molar-refractivity contribution in [3.63, 3.8) is 0 Å². The van der Waals surface area contributed by atoms with E-state index in [9.17, 15) is 4.79 Å². The Kier molecular flexibility index (Phi) is 4.58. The Hall–Kier alpha value is -0.570. The molecular formula is C12H23NO2. The van der Waals surface area contributed by atoms with E-state index in [1.807, 2.05) is 0 Å². The molecule has 1 aliphatic rings. The lowest BCUT2D eigenvalue weighted by atomic mass is 10.0. The van der Waals surface area contributed by atoms with Gasteiger partial charge in [-0.05, 0) is 32.1 Å².